The Morgan fingerprint density at radius 1 is 1.04 bits per heavy atom. The number of nitrogens with zero attached hydrogens (tertiary/aromatic N) is 2. The molecule has 0 atom stereocenters. The number of hydrogen-bond acceptors (Lipinski definition) is 3. The number of benzene rings is 1. The molecule has 0 unspecified atom stereocenters. The van der Waals surface area contributed by atoms with Crippen LogP contribution in [0.5, 0.6) is 0 Å². The first-order valence-corrected chi connectivity index (χ1v) is 10.0. The Kier molecular flexibility index (Phi) is 8.49. The number of guanidine groups is 1. The fourth-order valence-corrected chi connectivity index (χ4v) is 3.31. The van der Waals surface area contributed by atoms with Crippen LogP contribution >= 0.6 is 11.3 Å². The fourth-order valence-electron chi connectivity index (χ4n) is 2.65. The molecule has 2 rings (SSSR count). The molecule has 136 valence electrons. The van der Waals surface area contributed by atoms with Gasteiger partial charge in [-0.1, -0.05) is 38.1 Å². The molecule has 0 saturated heterocycles. The third-order valence-electron chi connectivity index (χ3n) is 4.20. The van der Waals surface area contributed by atoms with Crippen molar-refractivity contribution in [3.05, 3.63) is 57.8 Å². The SMILES string of the molecule is CCNC(=NCc1ccsc1)NCc1ccccc1CN(CC)CC. The van der Waals surface area contributed by atoms with Crippen LogP contribution in [0, 0.1) is 0 Å². The van der Waals surface area contributed by atoms with Gasteiger partial charge in [0.2, 0.25) is 0 Å². The summed E-state index contributed by atoms with van der Waals surface area (Å²) < 4.78 is 0. The van der Waals surface area contributed by atoms with Gasteiger partial charge in [0.15, 0.2) is 5.96 Å². The fraction of sp³-hybridized carbons (Fsp3) is 0.450. The second kappa shape index (κ2) is 10.9. The maximum absolute atomic E-state index is 4.68. The normalized spacial score (nSPS) is 11.8. The second-order valence-electron chi connectivity index (χ2n) is 5.91. The van der Waals surface area contributed by atoms with E-state index >= 15 is 0 Å². The molecule has 2 aromatic rings. The molecule has 0 bridgehead atoms. The van der Waals surface area contributed by atoms with Crippen LogP contribution in [0.3, 0.4) is 0 Å². The summed E-state index contributed by atoms with van der Waals surface area (Å²) in [4.78, 5) is 7.12. The van der Waals surface area contributed by atoms with Crippen LogP contribution in [-0.2, 0) is 19.6 Å². The Morgan fingerprint density at radius 3 is 2.44 bits per heavy atom. The van der Waals surface area contributed by atoms with Crippen molar-refractivity contribution in [1.29, 1.82) is 0 Å². The van der Waals surface area contributed by atoms with Crippen molar-refractivity contribution in [3.63, 3.8) is 0 Å². The van der Waals surface area contributed by atoms with E-state index in [-0.39, 0.29) is 0 Å². The number of hydrogen-bond donors (Lipinski definition) is 2. The first kappa shape index (κ1) is 19.5. The maximum Gasteiger partial charge on any atom is 0.191 e. The molecule has 25 heavy (non-hydrogen) atoms. The van der Waals surface area contributed by atoms with Crippen molar-refractivity contribution in [2.24, 2.45) is 4.99 Å². The quantitative estimate of drug-likeness (QED) is 0.528. The highest BCUT2D eigenvalue weighted by Gasteiger charge is 2.07. The summed E-state index contributed by atoms with van der Waals surface area (Å²) in [5.41, 5.74) is 3.96. The lowest BCUT2D eigenvalue weighted by Crippen LogP contribution is -2.37. The molecule has 0 radical (unpaired) electrons. The van der Waals surface area contributed by atoms with Crippen molar-refractivity contribution in [3.8, 4) is 0 Å². The molecular weight excluding hydrogens is 328 g/mol. The molecule has 0 spiro atoms. The van der Waals surface area contributed by atoms with Gasteiger partial charge in [-0.05, 0) is 53.5 Å². The molecular formula is C20H30N4S. The van der Waals surface area contributed by atoms with E-state index in [2.05, 4.69) is 82.4 Å². The van der Waals surface area contributed by atoms with Gasteiger partial charge in [-0.15, -0.1) is 0 Å². The topological polar surface area (TPSA) is 39.7 Å². The van der Waals surface area contributed by atoms with E-state index in [1.807, 2.05) is 0 Å². The zero-order chi connectivity index (χ0) is 17.9. The zero-order valence-corrected chi connectivity index (χ0v) is 16.4. The van der Waals surface area contributed by atoms with E-state index in [9.17, 15) is 0 Å². The lowest BCUT2D eigenvalue weighted by atomic mass is 10.1. The van der Waals surface area contributed by atoms with Crippen molar-refractivity contribution < 1.29 is 0 Å². The largest absolute Gasteiger partial charge is 0.357 e. The molecule has 5 heteroatoms. The Bertz CT molecular complexity index is 633. The van der Waals surface area contributed by atoms with Gasteiger partial charge in [0.1, 0.15) is 0 Å². The molecule has 1 aromatic heterocycles. The van der Waals surface area contributed by atoms with Gasteiger partial charge in [-0.3, -0.25) is 4.90 Å². The minimum absolute atomic E-state index is 0.708. The van der Waals surface area contributed by atoms with Crippen molar-refractivity contribution >= 4 is 17.3 Å². The van der Waals surface area contributed by atoms with E-state index in [1.165, 1.54) is 16.7 Å². The molecule has 2 N–H and O–H groups in total. The standard InChI is InChI=1S/C20H30N4S/c1-4-21-20(22-13-17-11-12-25-16-17)23-14-18-9-7-8-10-19(18)15-24(5-2)6-3/h7-12,16H,4-6,13-15H2,1-3H3,(H2,21,22,23). The van der Waals surface area contributed by atoms with Crippen molar-refractivity contribution in [2.75, 3.05) is 19.6 Å². The van der Waals surface area contributed by atoms with E-state index in [0.29, 0.717) is 6.54 Å². The minimum Gasteiger partial charge on any atom is -0.357 e. The highest BCUT2D eigenvalue weighted by Crippen LogP contribution is 2.12. The molecule has 0 saturated carbocycles. The van der Waals surface area contributed by atoms with E-state index < -0.39 is 0 Å². The van der Waals surface area contributed by atoms with Gasteiger partial charge in [0, 0.05) is 19.6 Å². The van der Waals surface area contributed by atoms with Crippen LogP contribution in [-0.4, -0.2) is 30.5 Å². The van der Waals surface area contributed by atoms with Crippen molar-refractivity contribution in [1.82, 2.24) is 15.5 Å². The predicted molar refractivity (Wildman–Crippen MR) is 109 cm³/mol. The van der Waals surface area contributed by atoms with Gasteiger partial charge >= 0.3 is 0 Å². The summed E-state index contributed by atoms with van der Waals surface area (Å²) in [5, 5.41) is 11.0. The molecule has 0 fully saturated rings. The molecule has 0 aliphatic rings. The van der Waals surface area contributed by atoms with Crippen LogP contribution in [0.15, 0.2) is 46.1 Å². The molecule has 0 aliphatic carbocycles. The second-order valence-corrected chi connectivity index (χ2v) is 6.69. The molecule has 0 aliphatic heterocycles. The van der Waals surface area contributed by atoms with Gasteiger partial charge in [-0.25, -0.2) is 4.99 Å². The number of rotatable bonds is 9. The van der Waals surface area contributed by atoms with E-state index in [4.69, 9.17) is 0 Å². The number of nitrogens with one attached hydrogen (secondary N) is 2. The van der Waals surface area contributed by atoms with Crippen LogP contribution in [0.1, 0.15) is 37.5 Å². The first-order valence-electron chi connectivity index (χ1n) is 9.09. The summed E-state index contributed by atoms with van der Waals surface area (Å²) in [6.07, 6.45) is 0. The Labute approximate surface area is 156 Å². The van der Waals surface area contributed by atoms with Gasteiger partial charge in [0.25, 0.3) is 0 Å². The third kappa shape index (κ3) is 6.52. The zero-order valence-electron chi connectivity index (χ0n) is 15.6. The van der Waals surface area contributed by atoms with Crippen LogP contribution in [0.2, 0.25) is 0 Å². The smallest absolute Gasteiger partial charge is 0.191 e. The highest BCUT2D eigenvalue weighted by atomic mass is 32.1. The van der Waals surface area contributed by atoms with E-state index in [1.54, 1.807) is 11.3 Å². The molecule has 1 aromatic carbocycles. The summed E-state index contributed by atoms with van der Waals surface area (Å²) >= 11 is 1.71. The molecule has 4 nitrogen and oxygen atoms in total. The average molecular weight is 359 g/mol. The van der Waals surface area contributed by atoms with E-state index in [0.717, 1.165) is 38.7 Å². The Balaban J connectivity index is 2.00. The molecule has 0 amide bonds. The summed E-state index contributed by atoms with van der Waals surface area (Å²) in [7, 11) is 0. The number of aliphatic imine (C=N–C) groups is 1. The summed E-state index contributed by atoms with van der Waals surface area (Å²) in [6.45, 7) is 12.0. The maximum atomic E-state index is 4.68. The Morgan fingerprint density at radius 2 is 1.80 bits per heavy atom. The van der Waals surface area contributed by atoms with Gasteiger partial charge in [0.05, 0.1) is 6.54 Å². The highest BCUT2D eigenvalue weighted by molar-refractivity contribution is 7.07. The first-order chi connectivity index (χ1) is 12.3. The lowest BCUT2D eigenvalue weighted by molar-refractivity contribution is 0.295. The van der Waals surface area contributed by atoms with Gasteiger partial charge < -0.3 is 10.6 Å². The predicted octanol–water partition coefficient (Wildman–Crippen LogP) is 3.85. The minimum atomic E-state index is 0.708. The molecule has 1 heterocycles. The summed E-state index contributed by atoms with van der Waals surface area (Å²) in [5.74, 6) is 0.867. The van der Waals surface area contributed by atoms with Crippen molar-refractivity contribution in [2.45, 2.75) is 40.4 Å². The average Bonchev–Trinajstić information content (AvgIpc) is 3.16. The lowest BCUT2D eigenvalue weighted by Gasteiger charge is -2.20. The van der Waals surface area contributed by atoms with Crippen LogP contribution < -0.4 is 10.6 Å². The number of thiophene rings is 1. The monoisotopic (exact) mass is 358 g/mol. The van der Waals surface area contributed by atoms with Crippen LogP contribution in [0.25, 0.3) is 0 Å². The summed E-state index contributed by atoms with van der Waals surface area (Å²) in [6, 6.07) is 10.8. The Hall–Kier alpha value is -1.85. The van der Waals surface area contributed by atoms with Crippen LogP contribution in [0.4, 0.5) is 0 Å². The van der Waals surface area contributed by atoms with Gasteiger partial charge in [-0.2, -0.15) is 11.3 Å². The third-order valence-corrected chi connectivity index (χ3v) is 4.93.